The van der Waals surface area contributed by atoms with Crippen LogP contribution in [0.3, 0.4) is 0 Å². The van der Waals surface area contributed by atoms with E-state index in [-0.39, 0.29) is 5.38 Å². The van der Waals surface area contributed by atoms with Crippen LogP contribution in [0.25, 0.3) is 0 Å². The van der Waals surface area contributed by atoms with Crippen LogP contribution in [-0.4, -0.2) is 30.6 Å². The van der Waals surface area contributed by atoms with E-state index in [4.69, 9.17) is 16.3 Å². The van der Waals surface area contributed by atoms with Gasteiger partial charge in [0.1, 0.15) is 5.82 Å². The average molecular weight is 308 g/mol. The van der Waals surface area contributed by atoms with E-state index in [1.807, 2.05) is 13.0 Å². The molecule has 0 amide bonds. The van der Waals surface area contributed by atoms with Crippen molar-refractivity contribution in [1.29, 1.82) is 0 Å². The molecule has 0 bridgehead atoms. The van der Waals surface area contributed by atoms with Crippen LogP contribution in [0.15, 0.2) is 16.7 Å². The molecule has 0 aliphatic heterocycles. The summed E-state index contributed by atoms with van der Waals surface area (Å²) in [4.78, 5) is 4.29. The van der Waals surface area contributed by atoms with Gasteiger partial charge in [-0.1, -0.05) is 0 Å². The van der Waals surface area contributed by atoms with E-state index in [1.54, 1.807) is 13.3 Å². The molecule has 1 atom stereocenters. The summed E-state index contributed by atoms with van der Waals surface area (Å²) in [6.45, 7) is 3.40. The smallest absolute Gasteiger partial charge is 0.128 e. The van der Waals surface area contributed by atoms with E-state index in [9.17, 15) is 0 Å². The lowest BCUT2D eigenvalue weighted by atomic mass is 10.2. The van der Waals surface area contributed by atoms with Crippen LogP contribution in [-0.2, 0) is 4.74 Å². The van der Waals surface area contributed by atoms with Crippen molar-refractivity contribution in [3.63, 3.8) is 0 Å². The zero-order chi connectivity index (χ0) is 12.0. The molecular formula is C11H16BrClN2O. The number of aryl methyl sites for hydroxylation is 1. The van der Waals surface area contributed by atoms with Gasteiger partial charge in [-0.05, 0) is 40.9 Å². The minimum absolute atomic E-state index is 0.0493. The molecular weight excluding hydrogens is 291 g/mol. The highest BCUT2D eigenvalue weighted by atomic mass is 79.9. The SMILES string of the molecule is COCC(Cl)CCNc1ncc(Br)cc1C. The van der Waals surface area contributed by atoms with E-state index in [2.05, 4.69) is 26.2 Å². The molecule has 0 saturated heterocycles. The van der Waals surface area contributed by atoms with Gasteiger partial charge < -0.3 is 10.1 Å². The molecule has 1 N–H and O–H groups in total. The molecule has 0 fully saturated rings. The Morgan fingerprint density at radius 3 is 3.00 bits per heavy atom. The monoisotopic (exact) mass is 306 g/mol. The van der Waals surface area contributed by atoms with Crippen molar-refractivity contribution in [2.45, 2.75) is 18.7 Å². The van der Waals surface area contributed by atoms with Crippen LogP contribution in [0, 0.1) is 6.92 Å². The summed E-state index contributed by atoms with van der Waals surface area (Å²) in [6.07, 6.45) is 2.63. The van der Waals surface area contributed by atoms with E-state index in [0.717, 1.165) is 28.8 Å². The second kappa shape index (κ2) is 7.09. The van der Waals surface area contributed by atoms with Gasteiger partial charge in [0.2, 0.25) is 0 Å². The number of nitrogens with zero attached hydrogens (tertiary/aromatic N) is 1. The molecule has 0 aliphatic carbocycles. The normalized spacial score (nSPS) is 12.5. The van der Waals surface area contributed by atoms with Crippen molar-refractivity contribution in [1.82, 2.24) is 4.98 Å². The fraction of sp³-hybridized carbons (Fsp3) is 0.545. The summed E-state index contributed by atoms with van der Waals surface area (Å²) >= 11 is 9.40. The molecule has 0 spiro atoms. The molecule has 1 unspecified atom stereocenters. The maximum absolute atomic E-state index is 6.02. The Labute approximate surface area is 110 Å². The van der Waals surface area contributed by atoms with Gasteiger partial charge in [0.15, 0.2) is 0 Å². The van der Waals surface area contributed by atoms with Crippen molar-refractivity contribution in [3.05, 3.63) is 22.3 Å². The third kappa shape index (κ3) is 4.68. The number of rotatable bonds is 6. The number of anilines is 1. The summed E-state index contributed by atoms with van der Waals surface area (Å²) in [5.41, 5.74) is 1.12. The minimum atomic E-state index is 0.0493. The Bertz CT molecular complexity index is 336. The fourth-order valence-corrected chi connectivity index (χ4v) is 2.02. The van der Waals surface area contributed by atoms with Crippen LogP contribution < -0.4 is 5.32 Å². The molecule has 1 aromatic rings. The molecule has 90 valence electrons. The van der Waals surface area contributed by atoms with Crippen LogP contribution in [0.5, 0.6) is 0 Å². The van der Waals surface area contributed by atoms with Crippen molar-refractivity contribution in [2.75, 3.05) is 25.6 Å². The topological polar surface area (TPSA) is 34.1 Å². The summed E-state index contributed by atoms with van der Waals surface area (Å²) in [6, 6.07) is 2.03. The first kappa shape index (κ1) is 13.7. The van der Waals surface area contributed by atoms with Crippen molar-refractivity contribution in [2.24, 2.45) is 0 Å². The summed E-state index contributed by atoms with van der Waals surface area (Å²) in [5, 5.41) is 3.31. The number of nitrogens with one attached hydrogen (secondary N) is 1. The van der Waals surface area contributed by atoms with Gasteiger partial charge in [-0.25, -0.2) is 4.98 Å². The molecule has 3 nitrogen and oxygen atoms in total. The molecule has 1 heterocycles. The lowest BCUT2D eigenvalue weighted by Crippen LogP contribution is -2.14. The summed E-state index contributed by atoms with van der Waals surface area (Å²) in [5.74, 6) is 0.907. The van der Waals surface area contributed by atoms with Crippen LogP contribution in [0.1, 0.15) is 12.0 Å². The van der Waals surface area contributed by atoms with Crippen LogP contribution in [0.4, 0.5) is 5.82 Å². The maximum atomic E-state index is 6.02. The third-order valence-corrected chi connectivity index (χ3v) is 2.92. The first-order valence-corrected chi connectivity index (χ1v) is 6.35. The number of aromatic nitrogens is 1. The number of alkyl halides is 1. The lowest BCUT2D eigenvalue weighted by Gasteiger charge is -2.11. The molecule has 16 heavy (non-hydrogen) atoms. The van der Waals surface area contributed by atoms with Gasteiger partial charge in [-0.2, -0.15) is 0 Å². The van der Waals surface area contributed by atoms with E-state index >= 15 is 0 Å². The minimum Gasteiger partial charge on any atom is -0.383 e. The Kier molecular flexibility index (Phi) is 6.09. The average Bonchev–Trinajstić information content (AvgIpc) is 2.22. The van der Waals surface area contributed by atoms with Gasteiger partial charge in [0.05, 0.1) is 12.0 Å². The Hall–Kier alpha value is -0.320. The number of methoxy groups -OCH3 is 1. The van der Waals surface area contributed by atoms with E-state index in [1.165, 1.54) is 0 Å². The van der Waals surface area contributed by atoms with Gasteiger partial charge >= 0.3 is 0 Å². The standard InChI is InChI=1S/C11H16BrClN2O/c1-8-5-9(12)6-15-11(8)14-4-3-10(13)7-16-2/h5-6,10H,3-4,7H2,1-2H3,(H,14,15). The molecule has 0 aliphatic rings. The largest absolute Gasteiger partial charge is 0.383 e. The lowest BCUT2D eigenvalue weighted by molar-refractivity contribution is 0.196. The van der Waals surface area contributed by atoms with Gasteiger partial charge in [0, 0.05) is 24.3 Å². The molecule has 0 radical (unpaired) electrons. The Morgan fingerprint density at radius 1 is 1.62 bits per heavy atom. The van der Waals surface area contributed by atoms with Crippen molar-refractivity contribution < 1.29 is 4.74 Å². The summed E-state index contributed by atoms with van der Waals surface area (Å²) < 4.78 is 5.96. The number of hydrogen-bond acceptors (Lipinski definition) is 3. The highest BCUT2D eigenvalue weighted by molar-refractivity contribution is 9.10. The highest BCUT2D eigenvalue weighted by Gasteiger charge is 2.04. The molecule has 1 aromatic heterocycles. The van der Waals surface area contributed by atoms with Crippen LogP contribution >= 0.6 is 27.5 Å². The fourth-order valence-electron chi connectivity index (χ4n) is 1.34. The Balaban J connectivity index is 2.37. The summed E-state index contributed by atoms with van der Waals surface area (Å²) in [7, 11) is 1.66. The maximum Gasteiger partial charge on any atom is 0.128 e. The predicted molar refractivity (Wildman–Crippen MR) is 71.3 cm³/mol. The number of pyridine rings is 1. The molecule has 0 aromatic carbocycles. The van der Waals surface area contributed by atoms with Gasteiger partial charge in [-0.3, -0.25) is 0 Å². The molecule has 1 rings (SSSR count). The van der Waals surface area contributed by atoms with Crippen molar-refractivity contribution >= 4 is 33.3 Å². The van der Waals surface area contributed by atoms with Gasteiger partial charge in [0.25, 0.3) is 0 Å². The van der Waals surface area contributed by atoms with Crippen LogP contribution in [0.2, 0.25) is 0 Å². The zero-order valence-electron chi connectivity index (χ0n) is 9.46. The van der Waals surface area contributed by atoms with E-state index < -0.39 is 0 Å². The highest BCUT2D eigenvalue weighted by Crippen LogP contribution is 2.16. The second-order valence-electron chi connectivity index (χ2n) is 3.59. The van der Waals surface area contributed by atoms with Crippen molar-refractivity contribution in [3.8, 4) is 0 Å². The third-order valence-electron chi connectivity index (χ3n) is 2.14. The Morgan fingerprint density at radius 2 is 2.38 bits per heavy atom. The number of ether oxygens (including phenoxy) is 1. The second-order valence-corrected chi connectivity index (χ2v) is 5.12. The number of hydrogen-bond donors (Lipinski definition) is 1. The van der Waals surface area contributed by atoms with Gasteiger partial charge in [-0.15, -0.1) is 11.6 Å². The number of halogens is 2. The first-order valence-electron chi connectivity index (χ1n) is 5.12. The quantitative estimate of drug-likeness (QED) is 0.820. The molecule has 0 saturated carbocycles. The van der Waals surface area contributed by atoms with E-state index in [0.29, 0.717) is 6.61 Å². The zero-order valence-corrected chi connectivity index (χ0v) is 11.8. The predicted octanol–water partition coefficient (Wildman–Crippen LogP) is 3.21. The first-order chi connectivity index (χ1) is 7.63. The molecule has 5 heteroatoms.